The summed E-state index contributed by atoms with van der Waals surface area (Å²) in [7, 11) is 0. The maximum atomic E-state index is 12.5. The van der Waals surface area contributed by atoms with Gasteiger partial charge in [0.1, 0.15) is 11.5 Å². The minimum Gasteiger partial charge on any atom is -0.354 e. The number of rotatable bonds is 3. The van der Waals surface area contributed by atoms with Crippen molar-refractivity contribution < 1.29 is 4.79 Å². The number of hydrogen-bond acceptors (Lipinski definition) is 6. The van der Waals surface area contributed by atoms with Gasteiger partial charge in [-0.05, 0) is 25.1 Å². The Morgan fingerprint density at radius 3 is 2.73 bits per heavy atom. The zero-order valence-corrected chi connectivity index (χ0v) is 14.6. The van der Waals surface area contributed by atoms with Crippen LogP contribution in [0.3, 0.4) is 0 Å². The van der Waals surface area contributed by atoms with Crippen LogP contribution in [0.4, 0.5) is 11.5 Å². The van der Waals surface area contributed by atoms with E-state index in [1.165, 1.54) is 6.20 Å². The van der Waals surface area contributed by atoms with E-state index < -0.39 is 0 Å². The van der Waals surface area contributed by atoms with Gasteiger partial charge in [0.05, 0.1) is 23.1 Å². The number of nitrogens with zero attached hydrogens (tertiary/aromatic N) is 4. The molecule has 4 rings (SSSR count). The van der Waals surface area contributed by atoms with Crippen LogP contribution in [-0.2, 0) is 0 Å². The van der Waals surface area contributed by atoms with Crippen molar-refractivity contribution in [2.24, 2.45) is 0 Å². The van der Waals surface area contributed by atoms with Gasteiger partial charge in [0.25, 0.3) is 5.91 Å². The Bertz CT molecular complexity index is 934. The lowest BCUT2D eigenvalue weighted by molar-refractivity contribution is 0.102. The van der Waals surface area contributed by atoms with Crippen LogP contribution < -0.4 is 15.5 Å². The van der Waals surface area contributed by atoms with E-state index in [4.69, 9.17) is 4.98 Å². The highest BCUT2D eigenvalue weighted by atomic mass is 16.1. The monoisotopic (exact) mass is 348 g/mol. The first kappa shape index (κ1) is 16.4. The lowest BCUT2D eigenvalue weighted by Gasteiger charge is -2.28. The van der Waals surface area contributed by atoms with Crippen molar-refractivity contribution in [1.82, 2.24) is 20.3 Å². The van der Waals surface area contributed by atoms with E-state index in [0.29, 0.717) is 5.69 Å². The molecule has 0 saturated carbocycles. The highest BCUT2D eigenvalue weighted by molar-refractivity contribution is 6.07. The van der Waals surface area contributed by atoms with Gasteiger partial charge in [-0.1, -0.05) is 12.1 Å². The summed E-state index contributed by atoms with van der Waals surface area (Å²) in [6.45, 7) is 5.58. The number of amides is 1. The standard InChI is InChI=1S/C19H20N6O/c1-13-11-22-16(12-21-13)19(26)23-15-4-2-3-14-5-6-17(24-18(14)15)25-9-7-20-8-10-25/h2-6,11-12,20H,7-10H2,1H3,(H,23,26). The molecule has 1 amide bonds. The van der Waals surface area contributed by atoms with Crippen molar-refractivity contribution in [3.8, 4) is 0 Å². The molecule has 7 heteroatoms. The number of hydrogen-bond donors (Lipinski definition) is 2. The Labute approximate surface area is 151 Å². The third-order valence-corrected chi connectivity index (χ3v) is 4.41. The van der Waals surface area contributed by atoms with Gasteiger partial charge in [0.15, 0.2) is 0 Å². The molecule has 132 valence electrons. The van der Waals surface area contributed by atoms with Crippen LogP contribution in [0.15, 0.2) is 42.7 Å². The quantitative estimate of drug-likeness (QED) is 0.753. The van der Waals surface area contributed by atoms with Crippen LogP contribution in [-0.4, -0.2) is 47.0 Å². The molecule has 0 unspecified atom stereocenters. The molecule has 0 atom stereocenters. The predicted molar refractivity (Wildman–Crippen MR) is 102 cm³/mol. The molecule has 0 spiro atoms. The predicted octanol–water partition coefficient (Wildman–Crippen LogP) is 2.00. The SMILES string of the molecule is Cc1cnc(C(=O)Nc2cccc3ccc(N4CCNCC4)nc23)cn1. The van der Waals surface area contributed by atoms with Gasteiger partial charge in [-0.15, -0.1) is 0 Å². The number of anilines is 2. The van der Waals surface area contributed by atoms with Gasteiger partial charge in [-0.2, -0.15) is 0 Å². The third kappa shape index (κ3) is 3.34. The molecule has 1 saturated heterocycles. The van der Waals surface area contributed by atoms with Gasteiger partial charge in [-0.25, -0.2) is 9.97 Å². The lowest BCUT2D eigenvalue weighted by Crippen LogP contribution is -2.43. The minimum atomic E-state index is -0.292. The topological polar surface area (TPSA) is 83.0 Å². The minimum absolute atomic E-state index is 0.283. The number of para-hydroxylation sites is 1. The molecular weight excluding hydrogens is 328 g/mol. The third-order valence-electron chi connectivity index (χ3n) is 4.41. The second-order valence-corrected chi connectivity index (χ2v) is 6.28. The smallest absolute Gasteiger partial charge is 0.275 e. The fourth-order valence-corrected chi connectivity index (χ4v) is 3.00. The zero-order chi connectivity index (χ0) is 17.9. The zero-order valence-electron chi connectivity index (χ0n) is 14.6. The molecule has 0 bridgehead atoms. The van der Waals surface area contributed by atoms with Crippen molar-refractivity contribution in [1.29, 1.82) is 0 Å². The Morgan fingerprint density at radius 2 is 1.96 bits per heavy atom. The van der Waals surface area contributed by atoms with Crippen molar-refractivity contribution in [2.75, 3.05) is 36.4 Å². The van der Waals surface area contributed by atoms with Crippen molar-refractivity contribution >= 4 is 28.3 Å². The summed E-state index contributed by atoms with van der Waals surface area (Å²) in [5, 5.41) is 7.24. The summed E-state index contributed by atoms with van der Waals surface area (Å²) in [6, 6.07) is 9.83. The number of carbonyl (C=O) groups excluding carboxylic acids is 1. The molecule has 1 aliphatic heterocycles. The van der Waals surface area contributed by atoms with Gasteiger partial charge < -0.3 is 15.5 Å². The maximum absolute atomic E-state index is 12.5. The average molecular weight is 348 g/mol. The van der Waals surface area contributed by atoms with E-state index in [1.807, 2.05) is 37.3 Å². The number of pyridine rings is 1. The Hall–Kier alpha value is -3.06. The molecule has 1 aliphatic rings. The van der Waals surface area contributed by atoms with Crippen LogP contribution in [0.5, 0.6) is 0 Å². The fourth-order valence-electron chi connectivity index (χ4n) is 3.00. The number of aromatic nitrogens is 3. The normalized spacial score (nSPS) is 14.4. The first-order chi connectivity index (χ1) is 12.7. The number of aryl methyl sites for hydroxylation is 1. The number of carbonyl (C=O) groups is 1. The van der Waals surface area contributed by atoms with Crippen LogP contribution in [0.2, 0.25) is 0 Å². The van der Waals surface area contributed by atoms with E-state index in [9.17, 15) is 4.79 Å². The van der Waals surface area contributed by atoms with Crippen molar-refractivity contribution in [2.45, 2.75) is 6.92 Å². The van der Waals surface area contributed by atoms with E-state index in [-0.39, 0.29) is 11.6 Å². The average Bonchev–Trinajstić information content (AvgIpc) is 2.69. The Balaban J connectivity index is 1.65. The molecular formula is C19H20N6O. The van der Waals surface area contributed by atoms with Crippen LogP contribution in [0.25, 0.3) is 10.9 Å². The van der Waals surface area contributed by atoms with E-state index in [1.54, 1.807) is 6.20 Å². The van der Waals surface area contributed by atoms with E-state index in [0.717, 1.165) is 48.6 Å². The van der Waals surface area contributed by atoms with Crippen molar-refractivity contribution in [3.63, 3.8) is 0 Å². The fraction of sp³-hybridized carbons (Fsp3) is 0.263. The first-order valence-corrected chi connectivity index (χ1v) is 8.66. The summed E-state index contributed by atoms with van der Waals surface area (Å²) in [4.78, 5) is 27.8. The molecule has 0 aliphatic carbocycles. The first-order valence-electron chi connectivity index (χ1n) is 8.66. The van der Waals surface area contributed by atoms with Crippen LogP contribution in [0.1, 0.15) is 16.2 Å². The summed E-state index contributed by atoms with van der Waals surface area (Å²) in [5.41, 5.74) is 2.50. The molecule has 7 nitrogen and oxygen atoms in total. The molecule has 0 radical (unpaired) electrons. The maximum Gasteiger partial charge on any atom is 0.275 e. The number of fused-ring (bicyclic) bond motifs is 1. The van der Waals surface area contributed by atoms with Gasteiger partial charge >= 0.3 is 0 Å². The molecule has 1 aromatic carbocycles. The number of piperazine rings is 1. The molecule has 2 N–H and O–H groups in total. The second kappa shape index (κ2) is 7.05. The largest absolute Gasteiger partial charge is 0.354 e. The molecule has 2 aromatic heterocycles. The molecule has 3 aromatic rings. The number of benzene rings is 1. The van der Waals surface area contributed by atoms with Crippen molar-refractivity contribution in [3.05, 3.63) is 54.1 Å². The number of nitrogens with one attached hydrogen (secondary N) is 2. The summed E-state index contributed by atoms with van der Waals surface area (Å²) >= 11 is 0. The molecule has 3 heterocycles. The van der Waals surface area contributed by atoms with Gasteiger partial charge in [-0.3, -0.25) is 9.78 Å². The Morgan fingerprint density at radius 1 is 1.12 bits per heavy atom. The van der Waals surface area contributed by atoms with E-state index in [2.05, 4.69) is 25.5 Å². The second-order valence-electron chi connectivity index (χ2n) is 6.28. The highest BCUT2D eigenvalue weighted by Gasteiger charge is 2.14. The summed E-state index contributed by atoms with van der Waals surface area (Å²) in [5.74, 6) is 0.634. The highest BCUT2D eigenvalue weighted by Crippen LogP contribution is 2.25. The van der Waals surface area contributed by atoms with Crippen LogP contribution >= 0.6 is 0 Å². The Kier molecular flexibility index (Phi) is 4.45. The van der Waals surface area contributed by atoms with Crippen LogP contribution in [0, 0.1) is 6.92 Å². The molecule has 1 fully saturated rings. The lowest BCUT2D eigenvalue weighted by atomic mass is 10.1. The van der Waals surface area contributed by atoms with Gasteiger partial charge in [0.2, 0.25) is 0 Å². The van der Waals surface area contributed by atoms with Gasteiger partial charge in [0, 0.05) is 37.8 Å². The summed E-state index contributed by atoms with van der Waals surface area (Å²) < 4.78 is 0. The molecule has 26 heavy (non-hydrogen) atoms. The summed E-state index contributed by atoms with van der Waals surface area (Å²) in [6.07, 6.45) is 3.06. The van der Waals surface area contributed by atoms with E-state index >= 15 is 0 Å².